The number of halogens is 1. The summed E-state index contributed by atoms with van der Waals surface area (Å²) < 4.78 is 11.7. The molecule has 2 aromatic heterocycles. The van der Waals surface area contributed by atoms with E-state index in [9.17, 15) is 10.1 Å². The van der Waals surface area contributed by atoms with E-state index in [2.05, 4.69) is 10.3 Å². The molecular weight excluding hydrogens is 530 g/mol. The number of hydrogen-bond acceptors (Lipinski definition) is 6. The zero-order valence-corrected chi connectivity index (χ0v) is 22.2. The van der Waals surface area contributed by atoms with Crippen molar-refractivity contribution in [3.8, 4) is 23.1 Å². The van der Waals surface area contributed by atoms with Crippen LogP contribution in [0.5, 0.6) is 5.75 Å². The van der Waals surface area contributed by atoms with Crippen molar-refractivity contribution < 1.29 is 13.9 Å². The molecule has 0 unspecified atom stereocenters. The Bertz CT molecular complexity index is 1630. The zero-order chi connectivity index (χ0) is 27.0. The first kappa shape index (κ1) is 26.0. The van der Waals surface area contributed by atoms with E-state index in [0.717, 1.165) is 27.3 Å². The van der Waals surface area contributed by atoms with Gasteiger partial charge in [0.2, 0.25) is 0 Å². The Labute approximate surface area is 234 Å². The first-order chi connectivity index (χ1) is 19.1. The van der Waals surface area contributed by atoms with E-state index < -0.39 is 5.91 Å². The maximum atomic E-state index is 12.7. The highest BCUT2D eigenvalue weighted by Gasteiger charge is 2.14. The maximum absolute atomic E-state index is 12.7. The van der Waals surface area contributed by atoms with Gasteiger partial charge in [0.05, 0.1) is 0 Å². The molecule has 0 bridgehead atoms. The van der Waals surface area contributed by atoms with Crippen LogP contribution in [0.4, 0.5) is 5.13 Å². The topological polar surface area (TPSA) is 88.1 Å². The number of rotatable bonds is 9. The smallest absolute Gasteiger partial charge is 0.268 e. The van der Waals surface area contributed by atoms with E-state index in [1.807, 2.05) is 84.9 Å². The summed E-state index contributed by atoms with van der Waals surface area (Å²) in [4.78, 5) is 18.0. The van der Waals surface area contributed by atoms with Crippen LogP contribution in [0, 0.1) is 11.3 Å². The van der Waals surface area contributed by atoms with E-state index in [0.29, 0.717) is 34.7 Å². The summed E-state index contributed by atoms with van der Waals surface area (Å²) in [5.74, 6) is 1.20. The number of ether oxygens (including phenoxy) is 1. The highest BCUT2D eigenvalue weighted by Crippen LogP contribution is 2.27. The first-order valence-corrected chi connectivity index (χ1v) is 13.2. The SMILES string of the molecule is N#C/C(=C\c1ccc(-c2ccc(OCc3ccccc3)cc2)o1)C(=O)Nc1ncc(Cc2ccc(Cl)cc2)s1. The molecule has 1 N–H and O–H groups in total. The monoisotopic (exact) mass is 551 g/mol. The molecule has 0 atom stereocenters. The van der Waals surface area contributed by atoms with E-state index >= 15 is 0 Å². The molecule has 3 aromatic carbocycles. The van der Waals surface area contributed by atoms with Crippen LogP contribution < -0.4 is 10.1 Å². The minimum Gasteiger partial charge on any atom is -0.489 e. The number of carbonyl (C=O) groups is 1. The molecule has 0 aliphatic rings. The summed E-state index contributed by atoms with van der Waals surface area (Å²) in [5, 5.41) is 13.4. The van der Waals surface area contributed by atoms with Crippen LogP contribution in [0.1, 0.15) is 21.8 Å². The van der Waals surface area contributed by atoms with Gasteiger partial charge in [0.15, 0.2) is 5.13 Å². The van der Waals surface area contributed by atoms with Gasteiger partial charge in [0.25, 0.3) is 5.91 Å². The number of aromatic nitrogens is 1. The Morgan fingerprint density at radius 3 is 2.51 bits per heavy atom. The highest BCUT2D eigenvalue weighted by atomic mass is 35.5. The largest absolute Gasteiger partial charge is 0.489 e. The Balaban J connectivity index is 1.20. The number of hydrogen-bond donors (Lipinski definition) is 1. The molecule has 0 saturated heterocycles. The average molecular weight is 552 g/mol. The summed E-state index contributed by atoms with van der Waals surface area (Å²) in [6, 6.07) is 30.5. The van der Waals surface area contributed by atoms with Crippen molar-refractivity contribution in [3.63, 3.8) is 0 Å². The van der Waals surface area contributed by atoms with Crippen molar-refractivity contribution in [1.82, 2.24) is 4.98 Å². The number of carbonyl (C=O) groups excluding carboxylic acids is 1. The lowest BCUT2D eigenvalue weighted by molar-refractivity contribution is -0.112. The number of benzene rings is 3. The van der Waals surface area contributed by atoms with Gasteiger partial charge in [-0.2, -0.15) is 5.26 Å². The summed E-state index contributed by atoms with van der Waals surface area (Å²) in [7, 11) is 0. The number of thiazole rings is 1. The Hall–Kier alpha value is -4.64. The minimum absolute atomic E-state index is 0.0880. The standard InChI is InChI=1S/C31H22ClN3O3S/c32-25-10-6-21(7-11-25)16-28-19-34-31(39-28)35-30(36)24(18-33)17-27-14-15-29(38-27)23-8-12-26(13-9-23)37-20-22-4-2-1-3-5-22/h1-15,17,19H,16,20H2,(H,34,35,36)/b24-17+. The van der Waals surface area contributed by atoms with Crippen LogP contribution in [0.2, 0.25) is 5.02 Å². The molecule has 6 nitrogen and oxygen atoms in total. The fourth-order valence-electron chi connectivity index (χ4n) is 3.75. The number of amides is 1. The predicted octanol–water partition coefficient (Wildman–Crippen LogP) is 7.77. The second-order valence-electron chi connectivity index (χ2n) is 8.56. The number of furan rings is 1. The molecule has 39 heavy (non-hydrogen) atoms. The molecule has 0 aliphatic carbocycles. The Morgan fingerprint density at radius 2 is 1.77 bits per heavy atom. The van der Waals surface area contributed by atoms with Crippen molar-refractivity contribution in [2.75, 3.05) is 5.32 Å². The third kappa shape index (κ3) is 7.02. The van der Waals surface area contributed by atoms with Crippen LogP contribution in [-0.4, -0.2) is 10.9 Å². The van der Waals surface area contributed by atoms with Gasteiger partial charge in [0.1, 0.15) is 35.5 Å². The van der Waals surface area contributed by atoms with Crippen molar-refractivity contribution >= 4 is 40.1 Å². The van der Waals surface area contributed by atoms with Gasteiger partial charge in [-0.3, -0.25) is 10.1 Å². The highest BCUT2D eigenvalue weighted by molar-refractivity contribution is 7.15. The van der Waals surface area contributed by atoms with Crippen LogP contribution in [0.3, 0.4) is 0 Å². The number of nitrogens with one attached hydrogen (secondary N) is 1. The summed E-state index contributed by atoms with van der Waals surface area (Å²) in [6.07, 6.45) is 3.79. The van der Waals surface area contributed by atoms with E-state index in [1.165, 1.54) is 17.4 Å². The van der Waals surface area contributed by atoms with Gasteiger partial charge in [-0.05, 0) is 59.7 Å². The van der Waals surface area contributed by atoms with Crippen LogP contribution in [-0.2, 0) is 17.8 Å². The number of nitrogens with zero attached hydrogens (tertiary/aromatic N) is 2. The molecule has 0 radical (unpaired) electrons. The number of anilines is 1. The first-order valence-electron chi connectivity index (χ1n) is 12.0. The molecule has 0 saturated carbocycles. The van der Waals surface area contributed by atoms with Gasteiger partial charge in [-0.15, -0.1) is 11.3 Å². The molecule has 2 heterocycles. The Kier molecular flexibility index (Phi) is 8.18. The van der Waals surface area contributed by atoms with Gasteiger partial charge >= 0.3 is 0 Å². The van der Waals surface area contributed by atoms with Gasteiger partial charge in [-0.25, -0.2) is 4.98 Å². The van der Waals surface area contributed by atoms with E-state index in [1.54, 1.807) is 18.3 Å². The van der Waals surface area contributed by atoms with E-state index in [4.69, 9.17) is 20.8 Å². The molecule has 1 amide bonds. The van der Waals surface area contributed by atoms with Gasteiger partial charge < -0.3 is 9.15 Å². The summed E-state index contributed by atoms with van der Waals surface area (Å²) >= 11 is 7.30. The van der Waals surface area contributed by atoms with Crippen LogP contribution >= 0.6 is 22.9 Å². The quantitative estimate of drug-likeness (QED) is 0.149. The van der Waals surface area contributed by atoms with Crippen molar-refractivity contribution in [1.29, 1.82) is 5.26 Å². The average Bonchev–Trinajstić information content (AvgIpc) is 3.62. The van der Waals surface area contributed by atoms with Crippen LogP contribution in [0.25, 0.3) is 17.4 Å². The molecular formula is C31H22ClN3O3S. The molecule has 8 heteroatoms. The lowest BCUT2D eigenvalue weighted by Gasteiger charge is -2.06. The van der Waals surface area contributed by atoms with E-state index in [-0.39, 0.29) is 5.57 Å². The van der Waals surface area contributed by atoms with Crippen molar-refractivity contribution in [2.24, 2.45) is 0 Å². The molecule has 0 aliphatic heterocycles. The zero-order valence-electron chi connectivity index (χ0n) is 20.6. The maximum Gasteiger partial charge on any atom is 0.268 e. The normalized spacial score (nSPS) is 11.1. The minimum atomic E-state index is -0.553. The van der Waals surface area contributed by atoms with Crippen LogP contribution in [0.15, 0.2) is 107 Å². The van der Waals surface area contributed by atoms with Gasteiger partial charge in [0, 0.05) is 34.2 Å². The summed E-state index contributed by atoms with van der Waals surface area (Å²) in [6.45, 7) is 0.486. The molecule has 5 aromatic rings. The molecule has 0 fully saturated rings. The molecule has 0 spiro atoms. The predicted molar refractivity (Wildman–Crippen MR) is 154 cm³/mol. The second kappa shape index (κ2) is 12.3. The number of nitriles is 1. The lowest BCUT2D eigenvalue weighted by atomic mass is 10.1. The Morgan fingerprint density at radius 1 is 1.00 bits per heavy atom. The third-order valence-electron chi connectivity index (χ3n) is 5.73. The lowest BCUT2D eigenvalue weighted by Crippen LogP contribution is -2.13. The fraction of sp³-hybridized carbons (Fsp3) is 0.0645. The van der Waals surface area contributed by atoms with Crippen molar-refractivity contribution in [2.45, 2.75) is 13.0 Å². The molecule has 192 valence electrons. The summed E-state index contributed by atoms with van der Waals surface area (Å²) in [5.41, 5.74) is 2.94. The third-order valence-corrected chi connectivity index (χ3v) is 6.90. The molecule has 5 rings (SSSR count). The fourth-order valence-corrected chi connectivity index (χ4v) is 4.72. The van der Waals surface area contributed by atoms with Crippen molar-refractivity contribution in [3.05, 3.63) is 130 Å². The second-order valence-corrected chi connectivity index (χ2v) is 10.1. The van der Waals surface area contributed by atoms with Gasteiger partial charge in [-0.1, -0.05) is 54.1 Å².